The maximum atomic E-state index is 12.9. The first-order valence-corrected chi connectivity index (χ1v) is 9.04. The van der Waals surface area contributed by atoms with E-state index in [4.69, 9.17) is 4.74 Å². The Balaban J connectivity index is 1.91. The molecule has 1 fully saturated rings. The van der Waals surface area contributed by atoms with Gasteiger partial charge in [-0.15, -0.1) is 0 Å². The number of carbonyl (C=O) groups excluding carboxylic acids is 1. The molecule has 1 aromatic rings. The largest absolute Gasteiger partial charge is 0.491 e. The summed E-state index contributed by atoms with van der Waals surface area (Å²) in [6.45, 7) is 5.57. The molecule has 3 nitrogen and oxygen atoms in total. The molecule has 20 heavy (non-hydrogen) atoms. The van der Waals surface area contributed by atoms with Crippen LogP contribution in [0.3, 0.4) is 0 Å². The first-order valence-electron chi connectivity index (χ1n) is 6.89. The number of nitrogens with zero attached hydrogens (tertiary/aromatic N) is 1. The monoisotopic (exact) mass is 497 g/mol. The van der Waals surface area contributed by atoms with Crippen molar-refractivity contribution in [1.82, 2.24) is 4.90 Å². The summed E-state index contributed by atoms with van der Waals surface area (Å²) in [6.07, 6.45) is 2.50. The molecule has 1 atom stereocenters. The van der Waals surface area contributed by atoms with Crippen LogP contribution >= 0.6 is 45.2 Å². The minimum absolute atomic E-state index is 0.238. The van der Waals surface area contributed by atoms with Crippen molar-refractivity contribution in [1.29, 1.82) is 0 Å². The van der Waals surface area contributed by atoms with Crippen LogP contribution in [0, 0.1) is 12.6 Å². The van der Waals surface area contributed by atoms with E-state index in [-0.39, 0.29) is 5.78 Å². The number of benzene rings is 1. The van der Waals surface area contributed by atoms with Gasteiger partial charge in [-0.25, -0.2) is 0 Å². The molecule has 0 radical (unpaired) electrons. The molecular weight excluding hydrogens is 480 g/mol. The van der Waals surface area contributed by atoms with Crippen molar-refractivity contribution in [2.45, 2.75) is 19.8 Å². The lowest BCUT2D eigenvalue weighted by Gasteiger charge is -2.36. The minimum Gasteiger partial charge on any atom is -0.491 e. The molecule has 0 aromatic heterocycles. The summed E-state index contributed by atoms with van der Waals surface area (Å²) in [4.78, 5) is 15.3. The SMILES string of the molecule is C[C@@]1(CN2CCCC2)COc2c(I)cc(I)cc2C1=O. The van der Waals surface area contributed by atoms with Gasteiger partial charge in [0.1, 0.15) is 12.4 Å². The standard InChI is InChI=1S/C15H17I2NO2/c1-15(8-18-4-2-3-5-18)9-20-13-11(14(15)19)6-10(16)7-12(13)17/h6-7H,2-5,8-9H2,1H3/t15-/m1/s1. The van der Waals surface area contributed by atoms with Gasteiger partial charge in [0.05, 0.1) is 14.5 Å². The molecule has 0 amide bonds. The predicted molar refractivity (Wildman–Crippen MR) is 95.5 cm³/mol. The highest BCUT2D eigenvalue weighted by Crippen LogP contribution is 2.39. The zero-order chi connectivity index (χ0) is 14.3. The fourth-order valence-corrected chi connectivity index (χ4v) is 5.05. The average molecular weight is 497 g/mol. The van der Waals surface area contributed by atoms with Crippen LogP contribution in [-0.2, 0) is 0 Å². The first-order chi connectivity index (χ1) is 9.49. The van der Waals surface area contributed by atoms with Gasteiger partial charge in [0, 0.05) is 10.1 Å². The van der Waals surface area contributed by atoms with Crippen molar-refractivity contribution in [3.63, 3.8) is 0 Å². The van der Waals surface area contributed by atoms with Gasteiger partial charge in [-0.1, -0.05) is 0 Å². The van der Waals surface area contributed by atoms with E-state index in [0.717, 1.165) is 38.1 Å². The molecule has 2 aliphatic heterocycles. The molecule has 0 aliphatic carbocycles. The van der Waals surface area contributed by atoms with Gasteiger partial charge in [-0.2, -0.15) is 0 Å². The van der Waals surface area contributed by atoms with E-state index in [2.05, 4.69) is 56.1 Å². The highest BCUT2D eigenvalue weighted by atomic mass is 127. The van der Waals surface area contributed by atoms with Crippen LogP contribution in [0.4, 0.5) is 0 Å². The summed E-state index contributed by atoms with van der Waals surface area (Å²) in [5, 5.41) is 0. The average Bonchev–Trinajstić information content (AvgIpc) is 2.87. The molecule has 0 spiro atoms. The Morgan fingerprint density at radius 3 is 2.70 bits per heavy atom. The summed E-state index contributed by atoms with van der Waals surface area (Å²) >= 11 is 4.51. The van der Waals surface area contributed by atoms with Crippen molar-refractivity contribution in [2.24, 2.45) is 5.41 Å². The highest BCUT2D eigenvalue weighted by molar-refractivity contribution is 14.1. The fraction of sp³-hybridized carbons (Fsp3) is 0.533. The summed E-state index contributed by atoms with van der Waals surface area (Å²) in [6, 6.07) is 4.01. The Bertz CT molecular complexity index is 555. The zero-order valence-corrected chi connectivity index (χ0v) is 15.7. The quantitative estimate of drug-likeness (QED) is 0.586. The molecular formula is C15H17I2NO2. The Morgan fingerprint density at radius 2 is 2.00 bits per heavy atom. The van der Waals surface area contributed by atoms with E-state index in [9.17, 15) is 4.79 Å². The first kappa shape index (κ1) is 15.0. The van der Waals surface area contributed by atoms with Crippen LogP contribution in [0.25, 0.3) is 0 Å². The number of hydrogen-bond donors (Lipinski definition) is 0. The van der Waals surface area contributed by atoms with E-state index in [0.29, 0.717) is 6.61 Å². The Morgan fingerprint density at radius 1 is 1.30 bits per heavy atom. The molecule has 5 heteroatoms. The van der Waals surface area contributed by atoms with Crippen molar-refractivity contribution in [2.75, 3.05) is 26.2 Å². The summed E-state index contributed by atoms with van der Waals surface area (Å²) < 4.78 is 8.07. The van der Waals surface area contributed by atoms with Gasteiger partial charge in [-0.3, -0.25) is 4.79 Å². The number of halogens is 2. The molecule has 0 unspecified atom stereocenters. The van der Waals surface area contributed by atoms with E-state index in [1.807, 2.05) is 13.0 Å². The van der Waals surface area contributed by atoms with Gasteiger partial charge in [0.25, 0.3) is 0 Å². The van der Waals surface area contributed by atoms with Crippen LogP contribution in [0.5, 0.6) is 5.75 Å². The number of rotatable bonds is 2. The van der Waals surface area contributed by atoms with E-state index in [1.54, 1.807) is 0 Å². The third kappa shape index (κ3) is 2.72. The molecule has 108 valence electrons. The van der Waals surface area contributed by atoms with Crippen LogP contribution in [0.1, 0.15) is 30.1 Å². The maximum absolute atomic E-state index is 12.9. The molecule has 2 aliphatic rings. The van der Waals surface area contributed by atoms with Crippen LogP contribution in [-0.4, -0.2) is 36.9 Å². The van der Waals surface area contributed by atoms with Crippen LogP contribution in [0.2, 0.25) is 0 Å². The lowest BCUT2D eigenvalue weighted by atomic mass is 9.80. The fourth-order valence-electron chi connectivity index (χ4n) is 3.05. The number of hydrogen-bond acceptors (Lipinski definition) is 3. The molecule has 0 saturated carbocycles. The normalized spacial score (nSPS) is 26.4. The molecule has 0 bridgehead atoms. The van der Waals surface area contributed by atoms with E-state index < -0.39 is 5.41 Å². The minimum atomic E-state index is -0.412. The number of ether oxygens (including phenoxy) is 1. The second-order valence-corrected chi connectivity index (χ2v) is 8.33. The van der Waals surface area contributed by atoms with Crippen molar-refractivity contribution in [3.8, 4) is 5.75 Å². The zero-order valence-electron chi connectivity index (χ0n) is 11.4. The Labute approximate surface area is 146 Å². The van der Waals surface area contributed by atoms with Gasteiger partial charge in [0.15, 0.2) is 5.78 Å². The van der Waals surface area contributed by atoms with Gasteiger partial charge >= 0.3 is 0 Å². The Kier molecular flexibility index (Phi) is 4.29. The molecule has 1 aromatic carbocycles. The number of likely N-dealkylation sites (tertiary alicyclic amines) is 1. The summed E-state index contributed by atoms with van der Waals surface area (Å²) in [5.41, 5.74) is 0.347. The van der Waals surface area contributed by atoms with Crippen LogP contribution in [0.15, 0.2) is 12.1 Å². The van der Waals surface area contributed by atoms with Crippen molar-refractivity contribution < 1.29 is 9.53 Å². The summed E-state index contributed by atoms with van der Waals surface area (Å²) in [7, 11) is 0. The topological polar surface area (TPSA) is 29.5 Å². The smallest absolute Gasteiger partial charge is 0.177 e. The van der Waals surface area contributed by atoms with Crippen molar-refractivity contribution in [3.05, 3.63) is 24.8 Å². The van der Waals surface area contributed by atoms with E-state index >= 15 is 0 Å². The van der Waals surface area contributed by atoms with Gasteiger partial charge < -0.3 is 9.64 Å². The lowest BCUT2D eigenvalue weighted by Crippen LogP contribution is -2.46. The second-order valence-electron chi connectivity index (χ2n) is 5.93. The second kappa shape index (κ2) is 5.72. The van der Waals surface area contributed by atoms with Gasteiger partial charge in [0.2, 0.25) is 0 Å². The summed E-state index contributed by atoms with van der Waals surface area (Å²) in [5.74, 6) is 1.01. The molecule has 0 N–H and O–H groups in total. The molecule has 2 heterocycles. The third-order valence-corrected chi connectivity index (χ3v) is 5.53. The Hall–Kier alpha value is 0.110. The molecule has 1 saturated heterocycles. The van der Waals surface area contributed by atoms with Crippen LogP contribution < -0.4 is 4.74 Å². The predicted octanol–water partition coefficient (Wildman–Crippen LogP) is 3.57. The number of ketones is 1. The highest BCUT2D eigenvalue weighted by Gasteiger charge is 2.42. The molecule has 3 rings (SSSR count). The van der Waals surface area contributed by atoms with Gasteiger partial charge in [-0.05, 0) is 90.2 Å². The third-order valence-electron chi connectivity index (χ3n) is 4.11. The maximum Gasteiger partial charge on any atom is 0.177 e. The van der Waals surface area contributed by atoms with E-state index in [1.165, 1.54) is 12.8 Å². The van der Waals surface area contributed by atoms with Crippen molar-refractivity contribution >= 4 is 51.0 Å². The number of Topliss-reactive ketones (excluding diaryl/α,β-unsaturated/α-hetero) is 1. The number of carbonyl (C=O) groups is 1. The lowest BCUT2D eigenvalue weighted by molar-refractivity contribution is 0.0549. The number of fused-ring (bicyclic) bond motifs is 1.